The number of carboxylic acid groups (broad SMARTS) is 1. The highest BCUT2D eigenvalue weighted by molar-refractivity contribution is 6.03. The van der Waals surface area contributed by atoms with Gasteiger partial charge in [-0.05, 0) is 61.1 Å². The van der Waals surface area contributed by atoms with Gasteiger partial charge in [0.05, 0.1) is 0 Å². The number of rotatable bonds is 8. The lowest BCUT2D eigenvalue weighted by Crippen LogP contribution is -2.32. The second kappa shape index (κ2) is 9.82. The predicted octanol–water partition coefficient (Wildman–Crippen LogP) is 3.51. The summed E-state index contributed by atoms with van der Waals surface area (Å²) in [5.41, 5.74) is 2.22. The van der Waals surface area contributed by atoms with Gasteiger partial charge in [-0.2, -0.15) is 0 Å². The van der Waals surface area contributed by atoms with Crippen molar-refractivity contribution in [3.8, 4) is 0 Å². The normalized spacial score (nSPS) is 11.2. The fourth-order valence-electron chi connectivity index (χ4n) is 3.03. The van der Waals surface area contributed by atoms with Crippen LogP contribution in [0.3, 0.4) is 0 Å². The lowest BCUT2D eigenvalue weighted by atomic mass is 10.1. The number of aromatic nitrogens is 2. The highest BCUT2D eigenvalue weighted by Crippen LogP contribution is 2.13. The Morgan fingerprint density at radius 2 is 2.03 bits per heavy atom. The highest BCUT2D eigenvalue weighted by Gasteiger charge is 2.17. The number of carbonyl (C=O) groups excluding carboxylic acids is 1. The average molecular weight is 397 g/mol. The molecule has 0 atom stereocenters. The SMILES string of the molecule is CCc1c(C)cc(C(=O)Nc2ccc(C=CC(=O)O)cn2)c(=O)n1CCC(C)C. The molecule has 154 valence electrons. The Balaban J connectivity index is 2.28. The minimum atomic E-state index is -1.05. The topological polar surface area (TPSA) is 101 Å². The first kappa shape index (κ1) is 22.1. The molecular weight excluding hydrogens is 370 g/mol. The van der Waals surface area contributed by atoms with E-state index in [1.54, 1.807) is 22.8 Å². The van der Waals surface area contributed by atoms with E-state index in [9.17, 15) is 14.4 Å². The van der Waals surface area contributed by atoms with Crippen LogP contribution < -0.4 is 10.9 Å². The predicted molar refractivity (Wildman–Crippen MR) is 113 cm³/mol. The van der Waals surface area contributed by atoms with Crippen LogP contribution in [0.2, 0.25) is 0 Å². The van der Waals surface area contributed by atoms with Gasteiger partial charge in [0.15, 0.2) is 0 Å². The molecule has 0 fully saturated rings. The molecule has 0 aliphatic carbocycles. The van der Waals surface area contributed by atoms with E-state index >= 15 is 0 Å². The molecule has 0 bridgehead atoms. The number of hydrogen-bond donors (Lipinski definition) is 2. The van der Waals surface area contributed by atoms with Crippen LogP contribution in [0.15, 0.2) is 35.3 Å². The largest absolute Gasteiger partial charge is 0.478 e. The van der Waals surface area contributed by atoms with Crippen LogP contribution in [0, 0.1) is 12.8 Å². The molecular formula is C22H27N3O4. The lowest BCUT2D eigenvalue weighted by Gasteiger charge is -2.17. The van der Waals surface area contributed by atoms with Crippen molar-refractivity contribution in [2.24, 2.45) is 5.92 Å². The molecule has 2 aromatic heterocycles. The third-order valence-corrected chi connectivity index (χ3v) is 4.57. The van der Waals surface area contributed by atoms with Crippen LogP contribution in [-0.4, -0.2) is 26.5 Å². The molecule has 1 amide bonds. The van der Waals surface area contributed by atoms with Crippen molar-refractivity contribution in [1.82, 2.24) is 9.55 Å². The van der Waals surface area contributed by atoms with E-state index in [0.717, 1.165) is 23.8 Å². The summed E-state index contributed by atoms with van der Waals surface area (Å²) in [7, 11) is 0. The van der Waals surface area contributed by atoms with Crippen molar-refractivity contribution >= 4 is 23.8 Å². The monoisotopic (exact) mass is 397 g/mol. The van der Waals surface area contributed by atoms with Gasteiger partial charge in [0.1, 0.15) is 11.4 Å². The van der Waals surface area contributed by atoms with E-state index in [0.29, 0.717) is 24.4 Å². The molecule has 2 rings (SSSR count). The quantitative estimate of drug-likeness (QED) is 0.664. The number of amides is 1. The van der Waals surface area contributed by atoms with Crippen LogP contribution in [0.4, 0.5) is 5.82 Å². The lowest BCUT2D eigenvalue weighted by molar-refractivity contribution is -0.131. The molecule has 7 nitrogen and oxygen atoms in total. The van der Waals surface area contributed by atoms with Crippen LogP contribution in [0.5, 0.6) is 0 Å². The molecule has 2 aromatic rings. The van der Waals surface area contributed by atoms with E-state index < -0.39 is 11.9 Å². The summed E-state index contributed by atoms with van der Waals surface area (Å²) < 4.78 is 1.71. The number of carboxylic acids is 1. The zero-order chi connectivity index (χ0) is 21.6. The molecule has 0 aromatic carbocycles. The van der Waals surface area contributed by atoms with Crippen LogP contribution in [0.1, 0.15) is 54.4 Å². The smallest absolute Gasteiger partial charge is 0.328 e. The first-order valence-electron chi connectivity index (χ1n) is 9.64. The van der Waals surface area contributed by atoms with Gasteiger partial charge in [-0.25, -0.2) is 9.78 Å². The van der Waals surface area contributed by atoms with E-state index in [4.69, 9.17) is 5.11 Å². The van der Waals surface area contributed by atoms with Gasteiger partial charge < -0.3 is 15.0 Å². The molecule has 29 heavy (non-hydrogen) atoms. The Hall–Kier alpha value is -3.22. The minimum absolute atomic E-state index is 0.0834. The van der Waals surface area contributed by atoms with Crippen molar-refractivity contribution in [2.75, 3.05) is 5.32 Å². The summed E-state index contributed by atoms with van der Waals surface area (Å²) in [6, 6.07) is 4.82. The Morgan fingerprint density at radius 1 is 1.31 bits per heavy atom. The zero-order valence-corrected chi connectivity index (χ0v) is 17.2. The molecule has 0 aliphatic rings. The number of pyridine rings is 2. The maximum absolute atomic E-state index is 13.0. The van der Waals surface area contributed by atoms with Gasteiger partial charge in [-0.3, -0.25) is 9.59 Å². The standard InChI is InChI=1S/C22H27N3O4/c1-5-18-15(4)12-17(22(29)25(18)11-10-14(2)3)21(28)24-19-8-6-16(13-23-19)7-9-20(26)27/h6-9,12-14H,5,10-11H2,1-4H3,(H,26,27)(H,23,24,28). The molecule has 2 N–H and O–H groups in total. The summed E-state index contributed by atoms with van der Waals surface area (Å²) in [4.78, 5) is 40.4. The molecule has 0 radical (unpaired) electrons. The number of carbonyl (C=O) groups is 2. The summed E-state index contributed by atoms with van der Waals surface area (Å²) in [6.07, 6.45) is 5.42. The van der Waals surface area contributed by atoms with Gasteiger partial charge in [0.2, 0.25) is 0 Å². The average Bonchev–Trinajstić information content (AvgIpc) is 2.67. The summed E-state index contributed by atoms with van der Waals surface area (Å²) in [5, 5.41) is 11.3. The third kappa shape index (κ3) is 5.88. The molecule has 0 aliphatic heterocycles. The van der Waals surface area contributed by atoms with Gasteiger partial charge >= 0.3 is 5.97 Å². The van der Waals surface area contributed by atoms with Gasteiger partial charge in [-0.15, -0.1) is 0 Å². The molecule has 0 saturated heterocycles. The number of hydrogen-bond acceptors (Lipinski definition) is 4. The van der Waals surface area contributed by atoms with E-state index in [-0.39, 0.29) is 16.9 Å². The van der Waals surface area contributed by atoms with Crippen molar-refractivity contribution in [3.63, 3.8) is 0 Å². The van der Waals surface area contributed by atoms with Crippen molar-refractivity contribution in [1.29, 1.82) is 0 Å². The molecule has 0 saturated carbocycles. The van der Waals surface area contributed by atoms with Gasteiger partial charge in [-0.1, -0.05) is 20.8 Å². The summed E-state index contributed by atoms with van der Waals surface area (Å²) in [6.45, 7) is 8.67. The van der Waals surface area contributed by atoms with E-state index in [2.05, 4.69) is 24.1 Å². The first-order valence-corrected chi connectivity index (χ1v) is 9.64. The number of aliphatic carboxylic acids is 1. The fraction of sp³-hybridized carbons (Fsp3) is 0.364. The van der Waals surface area contributed by atoms with Crippen LogP contribution in [0.25, 0.3) is 6.08 Å². The third-order valence-electron chi connectivity index (χ3n) is 4.57. The number of aryl methyl sites for hydroxylation is 1. The maximum Gasteiger partial charge on any atom is 0.328 e. The Morgan fingerprint density at radius 3 is 2.59 bits per heavy atom. The number of nitrogens with one attached hydrogen (secondary N) is 1. The number of anilines is 1. The molecule has 0 spiro atoms. The van der Waals surface area contributed by atoms with Crippen molar-refractivity contribution in [3.05, 3.63) is 63.2 Å². The second-order valence-electron chi connectivity index (χ2n) is 7.28. The molecule has 0 unspecified atom stereocenters. The van der Waals surface area contributed by atoms with Gasteiger partial charge in [0, 0.05) is 24.5 Å². The van der Waals surface area contributed by atoms with Crippen LogP contribution in [-0.2, 0) is 17.8 Å². The zero-order valence-electron chi connectivity index (χ0n) is 17.2. The van der Waals surface area contributed by atoms with E-state index in [1.807, 2.05) is 13.8 Å². The number of nitrogens with zero attached hydrogens (tertiary/aromatic N) is 2. The van der Waals surface area contributed by atoms with Crippen molar-refractivity contribution < 1.29 is 14.7 Å². The van der Waals surface area contributed by atoms with Crippen molar-refractivity contribution in [2.45, 2.75) is 47.1 Å². The summed E-state index contributed by atoms with van der Waals surface area (Å²) in [5.74, 6) is -0.836. The molecule has 7 heteroatoms. The maximum atomic E-state index is 13.0. The van der Waals surface area contributed by atoms with Crippen LogP contribution >= 0.6 is 0 Å². The Kier molecular flexibility index (Phi) is 7.47. The fourth-order valence-corrected chi connectivity index (χ4v) is 3.03. The van der Waals surface area contributed by atoms with Gasteiger partial charge in [0.25, 0.3) is 11.5 Å². The summed E-state index contributed by atoms with van der Waals surface area (Å²) >= 11 is 0. The molecule has 2 heterocycles. The minimum Gasteiger partial charge on any atom is -0.478 e. The van der Waals surface area contributed by atoms with E-state index in [1.165, 1.54) is 12.3 Å². The second-order valence-corrected chi connectivity index (χ2v) is 7.28. The Bertz CT molecular complexity index is 973. The highest BCUT2D eigenvalue weighted by atomic mass is 16.4. The Labute approximate surface area is 170 Å². The first-order chi connectivity index (χ1) is 13.7.